The van der Waals surface area contributed by atoms with Gasteiger partial charge < -0.3 is 20.2 Å². The molecule has 3 aromatic rings. The molecule has 13 heteroatoms. The predicted octanol–water partition coefficient (Wildman–Crippen LogP) is 2.06. The number of pyridine rings is 1. The molecule has 4 rings (SSSR count). The molecule has 1 aliphatic rings. The summed E-state index contributed by atoms with van der Waals surface area (Å²) in [6.45, 7) is 3.24. The van der Waals surface area contributed by atoms with Crippen LogP contribution < -0.4 is 15.5 Å². The smallest absolute Gasteiger partial charge is 0.433 e. The third-order valence-corrected chi connectivity index (χ3v) is 4.96. The van der Waals surface area contributed by atoms with Crippen LogP contribution in [-0.4, -0.2) is 54.9 Å². The number of carbonyl (C=O) groups excluding carboxylic acids is 1. The molecule has 0 saturated carbocycles. The molecule has 3 aromatic heterocycles. The van der Waals surface area contributed by atoms with Gasteiger partial charge in [-0.05, 0) is 26.0 Å². The number of hydrogen-bond donors (Lipinski definition) is 3. The molecule has 0 bridgehead atoms. The van der Waals surface area contributed by atoms with Gasteiger partial charge in [-0.15, -0.1) is 0 Å². The molecule has 0 spiro atoms. The summed E-state index contributed by atoms with van der Waals surface area (Å²) in [5.74, 6) is -0.464. The van der Waals surface area contributed by atoms with Gasteiger partial charge in [0.25, 0.3) is 5.91 Å². The van der Waals surface area contributed by atoms with Crippen LogP contribution in [0, 0.1) is 0 Å². The monoisotopic (exact) mass is 477 g/mol. The van der Waals surface area contributed by atoms with Crippen LogP contribution >= 0.6 is 0 Å². The summed E-state index contributed by atoms with van der Waals surface area (Å²) in [5.41, 5.74) is 1.60. The lowest BCUT2D eigenvalue weighted by Gasteiger charge is -2.27. The molecule has 0 aromatic carbocycles. The molecule has 10 nitrogen and oxygen atoms in total. The second-order valence-corrected chi connectivity index (χ2v) is 8.30. The highest BCUT2D eigenvalue weighted by Crippen LogP contribution is 2.37. The van der Waals surface area contributed by atoms with Crippen molar-refractivity contribution in [3.05, 3.63) is 65.6 Å². The Hall–Kier alpha value is -3.71. The molecule has 0 fully saturated rings. The Balaban J connectivity index is 1.71. The van der Waals surface area contributed by atoms with Gasteiger partial charge >= 0.3 is 6.18 Å². The molecule has 1 amide bonds. The van der Waals surface area contributed by atoms with Crippen LogP contribution in [0.3, 0.4) is 0 Å². The summed E-state index contributed by atoms with van der Waals surface area (Å²) in [6, 6.07) is 1.59. The average molecular weight is 477 g/mol. The molecule has 34 heavy (non-hydrogen) atoms. The second-order valence-electron chi connectivity index (χ2n) is 8.30. The maximum Gasteiger partial charge on any atom is 0.433 e. The van der Waals surface area contributed by atoms with Crippen molar-refractivity contribution in [2.75, 3.05) is 13.7 Å². The van der Waals surface area contributed by atoms with Gasteiger partial charge in [0.15, 0.2) is 5.65 Å². The number of aliphatic hydroxyl groups is 1. The molecular formula is C21H22F3N7O3. The third-order valence-electron chi connectivity index (χ3n) is 4.96. The molecule has 4 heterocycles. The number of β-amino-alcohol motifs (C(OH)–C–C–N with tert-alkyl or cyclic N) is 1. The van der Waals surface area contributed by atoms with Crippen molar-refractivity contribution < 1.29 is 27.8 Å². The number of nitrogens with zero attached hydrogens (tertiary/aromatic N) is 5. The van der Waals surface area contributed by atoms with E-state index in [9.17, 15) is 23.1 Å². The van der Waals surface area contributed by atoms with Crippen LogP contribution in [0.2, 0.25) is 0 Å². The molecule has 1 unspecified atom stereocenters. The maximum absolute atomic E-state index is 13.4. The molecule has 180 valence electrons. The van der Waals surface area contributed by atoms with Crippen molar-refractivity contribution in [3.63, 3.8) is 0 Å². The average Bonchev–Trinajstić information content (AvgIpc) is 3.35. The number of ether oxygens (including phenoxy) is 1. The van der Waals surface area contributed by atoms with Gasteiger partial charge in [-0.1, -0.05) is 0 Å². The minimum absolute atomic E-state index is 0.0840. The van der Waals surface area contributed by atoms with Crippen molar-refractivity contribution in [1.29, 1.82) is 0 Å². The van der Waals surface area contributed by atoms with Crippen LogP contribution in [0.25, 0.3) is 5.65 Å². The molecule has 0 radical (unpaired) electrons. The predicted molar refractivity (Wildman–Crippen MR) is 113 cm³/mol. The minimum atomic E-state index is -4.68. The highest BCUT2D eigenvalue weighted by atomic mass is 19.4. The number of halogens is 3. The summed E-state index contributed by atoms with van der Waals surface area (Å²) in [6.07, 6.45) is 2.30. The normalized spacial score (nSPS) is 16.6. The Labute approximate surface area is 192 Å². The van der Waals surface area contributed by atoms with Gasteiger partial charge in [0, 0.05) is 24.2 Å². The SMILES string of the molecule is COc1cnc(C(F)(F)F)cc1C1NN(CC(C)(C)O)C=C1NC(=O)c1cnn2cccnc12. The topological polar surface area (TPSA) is 117 Å². The lowest BCUT2D eigenvalue weighted by Crippen LogP contribution is -2.42. The van der Waals surface area contributed by atoms with Crippen LogP contribution in [-0.2, 0) is 6.18 Å². The minimum Gasteiger partial charge on any atom is -0.495 e. The number of rotatable bonds is 6. The van der Waals surface area contributed by atoms with Crippen molar-refractivity contribution in [3.8, 4) is 5.75 Å². The quantitative estimate of drug-likeness (QED) is 0.494. The van der Waals surface area contributed by atoms with Crippen molar-refractivity contribution in [2.45, 2.75) is 31.7 Å². The Bertz CT molecular complexity index is 1250. The fourth-order valence-electron chi connectivity index (χ4n) is 3.56. The number of fused-ring (bicyclic) bond motifs is 1. The maximum atomic E-state index is 13.4. The number of nitrogens with one attached hydrogen (secondary N) is 2. The van der Waals surface area contributed by atoms with E-state index in [1.807, 2.05) is 0 Å². The van der Waals surface area contributed by atoms with E-state index in [0.29, 0.717) is 5.65 Å². The number of alkyl halides is 3. The van der Waals surface area contributed by atoms with Gasteiger partial charge in [0.05, 0.1) is 43.4 Å². The summed E-state index contributed by atoms with van der Waals surface area (Å²) in [4.78, 5) is 20.6. The van der Waals surface area contributed by atoms with E-state index in [1.54, 1.807) is 26.1 Å². The Morgan fingerprint density at radius 2 is 2.06 bits per heavy atom. The largest absolute Gasteiger partial charge is 0.495 e. The Morgan fingerprint density at radius 1 is 1.29 bits per heavy atom. The third kappa shape index (κ3) is 4.79. The van der Waals surface area contributed by atoms with Crippen LogP contribution in [0.1, 0.15) is 41.5 Å². The second kappa shape index (κ2) is 8.57. The summed E-state index contributed by atoms with van der Waals surface area (Å²) >= 11 is 0. The summed E-state index contributed by atoms with van der Waals surface area (Å²) in [7, 11) is 1.31. The standard InChI is InChI=1S/C21H22F3N7O3/c1-20(2,33)11-30-10-14(28-19(32)13-8-27-31-6-4-5-25-18(13)31)17(29-30)12-7-16(21(22,23)24)26-9-15(12)34-3/h4-10,17,29,33H,11H2,1-3H3,(H,28,32). The first-order valence-corrected chi connectivity index (χ1v) is 10.1. The van der Waals surface area contributed by atoms with E-state index in [4.69, 9.17) is 4.74 Å². The number of methoxy groups -OCH3 is 1. The van der Waals surface area contributed by atoms with E-state index < -0.39 is 29.4 Å². The first kappa shape index (κ1) is 23.4. The zero-order chi connectivity index (χ0) is 24.7. The van der Waals surface area contributed by atoms with Gasteiger partial charge in [0.1, 0.15) is 17.0 Å². The highest BCUT2D eigenvalue weighted by molar-refractivity contribution is 6.00. The number of hydrogen-bond acceptors (Lipinski definition) is 8. The van der Waals surface area contributed by atoms with Gasteiger partial charge in [0.2, 0.25) is 0 Å². The molecular weight excluding hydrogens is 455 g/mol. The molecule has 1 atom stereocenters. The van der Waals surface area contributed by atoms with E-state index in [-0.39, 0.29) is 29.1 Å². The van der Waals surface area contributed by atoms with Crippen LogP contribution in [0.15, 0.2) is 48.8 Å². The summed E-state index contributed by atoms with van der Waals surface area (Å²) < 4.78 is 46.8. The Kier molecular flexibility index (Phi) is 5.91. The first-order valence-electron chi connectivity index (χ1n) is 10.1. The van der Waals surface area contributed by atoms with E-state index in [1.165, 1.54) is 35.2 Å². The summed E-state index contributed by atoms with van der Waals surface area (Å²) in [5, 5.41) is 18.5. The molecule has 1 aliphatic heterocycles. The molecule has 3 N–H and O–H groups in total. The van der Waals surface area contributed by atoms with E-state index in [2.05, 4.69) is 25.8 Å². The highest BCUT2D eigenvalue weighted by Gasteiger charge is 2.37. The zero-order valence-corrected chi connectivity index (χ0v) is 18.5. The Morgan fingerprint density at radius 3 is 2.74 bits per heavy atom. The van der Waals surface area contributed by atoms with E-state index in [0.717, 1.165) is 12.3 Å². The number of hydrazine groups is 1. The fraction of sp³-hybridized carbons (Fsp3) is 0.333. The lowest BCUT2D eigenvalue weighted by molar-refractivity contribution is -0.141. The van der Waals surface area contributed by atoms with Crippen molar-refractivity contribution >= 4 is 11.6 Å². The number of carbonyl (C=O) groups is 1. The van der Waals surface area contributed by atoms with Crippen molar-refractivity contribution in [2.24, 2.45) is 0 Å². The number of aromatic nitrogens is 4. The molecule has 0 aliphatic carbocycles. The lowest BCUT2D eigenvalue weighted by atomic mass is 10.0. The fourth-order valence-corrected chi connectivity index (χ4v) is 3.56. The van der Waals surface area contributed by atoms with Crippen molar-refractivity contribution in [1.82, 2.24) is 35.3 Å². The number of amides is 1. The van der Waals surface area contributed by atoms with Gasteiger partial charge in [-0.3, -0.25) is 4.79 Å². The van der Waals surface area contributed by atoms with E-state index >= 15 is 0 Å². The van der Waals surface area contributed by atoms with Gasteiger partial charge in [-0.2, -0.15) is 18.3 Å². The first-order chi connectivity index (χ1) is 16.0. The zero-order valence-electron chi connectivity index (χ0n) is 18.5. The van der Waals surface area contributed by atoms with Crippen LogP contribution in [0.4, 0.5) is 13.2 Å². The van der Waals surface area contributed by atoms with Crippen LogP contribution in [0.5, 0.6) is 5.75 Å². The van der Waals surface area contributed by atoms with Gasteiger partial charge in [-0.25, -0.2) is 19.9 Å². The molecule has 0 saturated heterocycles.